The fourth-order valence-corrected chi connectivity index (χ4v) is 2.61. The summed E-state index contributed by atoms with van der Waals surface area (Å²) in [4.78, 5) is 2.26. The molecule has 1 heterocycles. The van der Waals surface area contributed by atoms with Crippen LogP contribution in [0.4, 0.5) is 0 Å². The van der Waals surface area contributed by atoms with Crippen LogP contribution in [-0.4, -0.2) is 30.1 Å². The molecule has 88 valence electrons. The van der Waals surface area contributed by atoms with Crippen LogP contribution >= 0.6 is 11.6 Å². The van der Waals surface area contributed by atoms with E-state index < -0.39 is 5.60 Å². The third-order valence-corrected chi connectivity index (χ3v) is 3.87. The molecule has 1 aromatic carbocycles. The summed E-state index contributed by atoms with van der Waals surface area (Å²) in [6, 6.07) is 7.56. The third kappa shape index (κ3) is 2.10. The van der Waals surface area contributed by atoms with Gasteiger partial charge in [-0.2, -0.15) is 0 Å². The van der Waals surface area contributed by atoms with Crippen molar-refractivity contribution in [2.45, 2.75) is 18.9 Å². The molecule has 0 saturated carbocycles. The van der Waals surface area contributed by atoms with E-state index in [0.717, 1.165) is 25.1 Å². The fourth-order valence-electron chi connectivity index (χ4n) is 2.48. The molecule has 1 fully saturated rings. The van der Waals surface area contributed by atoms with Gasteiger partial charge in [-0.25, -0.2) is 0 Å². The predicted molar refractivity (Wildman–Crippen MR) is 66.6 cm³/mol. The van der Waals surface area contributed by atoms with Crippen molar-refractivity contribution in [3.63, 3.8) is 0 Å². The minimum absolute atomic E-state index is 0.243. The van der Waals surface area contributed by atoms with Crippen LogP contribution in [0, 0.1) is 5.92 Å². The van der Waals surface area contributed by atoms with Crippen molar-refractivity contribution in [2.75, 3.05) is 20.1 Å². The summed E-state index contributed by atoms with van der Waals surface area (Å²) in [7, 11) is 2.10. The van der Waals surface area contributed by atoms with E-state index in [9.17, 15) is 5.11 Å². The van der Waals surface area contributed by atoms with Gasteiger partial charge in [-0.1, -0.05) is 30.7 Å². The number of piperidine rings is 1. The molecule has 1 saturated heterocycles. The van der Waals surface area contributed by atoms with Gasteiger partial charge in [0.05, 0.1) is 5.60 Å². The lowest BCUT2D eigenvalue weighted by atomic mass is 9.77. The summed E-state index contributed by atoms with van der Waals surface area (Å²) in [6.45, 7) is 3.97. The van der Waals surface area contributed by atoms with E-state index in [2.05, 4.69) is 18.9 Å². The van der Waals surface area contributed by atoms with Crippen molar-refractivity contribution in [2.24, 2.45) is 5.92 Å². The molecule has 2 nitrogen and oxygen atoms in total. The molecule has 1 aromatic rings. The molecule has 0 bridgehead atoms. The first-order chi connectivity index (χ1) is 7.52. The number of halogens is 1. The summed E-state index contributed by atoms with van der Waals surface area (Å²) < 4.78 is 0. The second-order valence-electron chi connectivity index (χ2n) is 4.84. The molecule has 1 N–H and O–H groups in total. The van der Waals surface area contributed by atoms with E-state index in [1.54, 1.807) is 0 Å². The van der Waals surface area contributed by atoms with Gasteiger partial charge in [-0.15, -0.1) is 0 Å². The summed E-state index contributed by atoms with van der Waals surface area (Å²) in [5, 5.41) is 11.5. The number of nitrogens with zero attached hydrogens (tertiary/aromatic N) is 1. The molecule has 0 radical (unpaired) electrons. The Kier molecular flexibility index (Phi) is 3.24. The first kappa shape index (κ1) is 11.9. The topological polar surface area (TPSA) is 23.5 Å². The van der Waals surface area contributed by atoms with Crippen LogP contribution in [0.3, 0.4) is 0 Å². The second-order valence-corrected chi connectivity index (χ2v) is 5.28. The Hall–Kier alpha value is -0.570. The predicted octanol–water partition coefficient (Wildman–Crippen LogP) is 2.50. The summed E-state index contributed by atoms with van der Waals surface area (Å²) in [6.07, 6.45) is 0.784. The Morgan fingerprint density at radius 2 is 2.00 bits per heavy atom. The molecule has 3 heteroatoms. The minimum Gasteiger partial charge on any atom is -0.385 e. The summed E-state index contributed by atoms with van der Waals surface area (Å²) in [5.41, 5.74) is 0.286. The molecule has 0 aromatic heterocycles. The highest BCUT2D eigenvalue weighted by Gasteiger charge is 2.39. The molecular formula is C13H18ClNO. The zero-order valence-corrected chi connectivity index (χ0v) is 10.5. The van der Waals surface area contributed by atoms with Crippen molar-refractivity contribution in [3.8, 4) is 0 Å². The van der Waals surface area contributed by atoms with Crippen LogP contribution in [0.5, 0.6) is 0 Å². The Morgan fingerprint density at radius 1 is 1.38 bits per heavy atom. The highest BCUT2D eigenvalue weighted by molar-refractivity contribution is 6.30. The molecule has 2 rings (SSSR count). The van der Waals surface area contributed by atoms with E-state index in [4.69, 9.17) is 11.6 Å². The van der Waals surface area contributed by atoms with Crippen molar-refractivity contribution >= 4 is 11.6 Å². The molecule has 1 aliphatic heterocycles. The smallest absolute Gasteiger partial charge is 0.0946 e. The summed E-state index contributed by atoms with van der Waals surface area (Å²) >= 11 is 5.87. The maximum absolute atomic E-state index is 10.8. The van der Waals surface area contributed by atoms with Crippen molar-refractivity contribution in [3.05, 3.63) is 34.9 Å². The zero-order valence-electron chi connectivity index (χ0n) is 9.78. The van der Waals surface area contributed by atoms with Crippen molar-refractivity contribution in [1.29, 1.82) is 0 Å². The highest BCUT2D eigenvalue weighted by atomic mass is 35.5. The molecule has 0 unspecified atom stereocenters. The normalized spacial score (nSPS) is 31.6. The van der Waals surface area contributed by atoms with Gasteiger partial charge < -0.3 is 10.0 Å². The van der Waals surface area contributed by atoms with Crippen LogP contribution in [0.2, 0.25) is 5.02 Å². The van der Waals surface area contributed by atoms with Crippen LogP contribution in [0.1, 0.15) is 18.9 Å². The molecular weight excluding hydrogens is 222 g/mol. The fraction of sp³-hybridized carbons (Fsp3) is 0.538. The number of rotatable bonds is 1. The first-order valence-corrected chi connectivity index (χ1v) is 6.07. The molecule has 16 heavy (non-hydrogen) atoms. The maximum Gasteiger partial charge on any atom is 0.0946 e. The van der Waals surface area contributed by atoms with Crippen LogP contribution in [-0.2, 0) is 5.60 Å². The minimum atomic E-state index is -0.697. The third-order valence-electron chi connectivity index (χ3n) is 3.62. The van der Waals surface area contributed by atoms with Gasteiger partial charge in [-0.05, 0) is 31.2 Å². The van der Waals surface area contributed by atoms with Gasteiger partial charge in [-0.3, -0.25) is 0 Å². The van der Waals surface area contributed by atoms with E-state index >= 15 is 0 Å². The van der Waals surface area contributed by atoms with Crippen LogP contribution in [0.15, 0.2) is 24.3 Å². The van der Waals surface area contributed by atoms with Gasteiger partial charge in [0.2, 0.25) is 0 Å². The monoisotopic (exact) mass is 239 g/mol. The largest absolute Gasteiger partial charge is 0.385 e. The van der Waals surface area contributed by atoms with Gasteiger partial charge >= 0.3 is 0 Å². The van der Waals surface area contributed by atoms with E-state index in [1.165, 1.54) is 0 Å². The lowest BCUT2D eigenvalue weighted by molar-refractivity contribution is -0.0659. The van der Waals surface area contributed by atoms with Gasteiger partial charge in [0.15, 0.2) is 0 Å². The SMILES string of the molecule is C[C@H]1CN(C)CC[C@]1(O)c1ccc(Cl)cc1. The Labute approximate surface area is 102 Å². The second kappa shape index (κ2) is 4.36. The van der Waals surface area contributed by atoms with Crippen molar-refractivity contribution < 1.29 is 5.11 Å². The lowest BCUT2D eigenvalue weighted by Crippen LogP contribution is -2.47. The first-order valence-electron chi connectivity index (χ1n) is 5.69. The quantitative estimate of drug-likeness (QED) is 0.814. The Balaban J connectivity index is 2.27. The number of benzene rings is 1. The highest BCUT2D eigenvalue weighted by Crippen LogP contribution is 2.37. The van der Waals surface area contributed by atoms with Gasteiger partial charge in [0.25, 0.3) is 0 Å². The molecule has 0 amide bonds. The van der Waals surface area contributed by atoms with Crippen LogP contribution in [0.25, 0.3) is 0 Å². The molecule has 0 aliphatic carbocycles. The lowest BCUT2D eigenvalue weighted by Gasteiger charge is -2.42. The van der Waals surface area contributed by atoms with Crippen LogP contribution < -0.4 is 0 Å². The molecule has 0 spiro atoms. The van der Waals surface area contributed by atoms with Gasteiger partial charge in [0.1, 0.15) is 0 Å². The Bertz CT molecular complexity index is 365. The number of aliphatic hydroxyl groups is 1. The molecule has 1 aliphatic rings. The summed E-state index contributed by atoms with van der Waals surface area (Å²) in [5.74, 6) is 0.243. The molecule has 2 atom stereocenters. The van der Waals surface area contributed by atoms with Crippen molar-refractivity contribution in [1.82, 2.24) is 4.90 Å². The van der Waals surface area contributed by atoms with Gasteiger partial charge in [0, 0.05) is 24.0 Å². The maximum atomic E-state index is 10.8. The zero-order chi connectivity index (χ0) is 11.8. The Morgan fingerprint density at radius 3 is 2.56 bits per heavy atom. The average molecular weight is 240 g/mol. The standard InChI is InChI=1S/C13H18ClNO/c1-10-9-15(2)8-7-13(10,16)11-3-5-12(14)6-4-11/h3-6,10,16H,7-9H2,1-2H3/t10-,13+/m0/s1. The average Bonchev–Trinajstić information content (AvgIpc) is 2.25. The van der Waals surface area contributed by atoms with E-state index in [-0.39, 0.29) is 5.92 Å². The van der Waals surface area contributed by atoms with E-state index in [1.807, 2.05) is 24.3 Å². The number of likely N-dealkylation sites (tertiary alicyclic amines) is 1. The number of hydrogen-bond donors (Lipinski definition) is 1. The number of hydrogen-bond acceptors (Lipinski definition) is 2. The van der Waals surface area contributed by atoms with E-state index in [0.29, 0.717) is 5.02 Å².